The molecule has 1 saturated heterocycles. The zero-order valence-corrected chi connectivity index (χ0v) is 11.4. The average Bonchev–Trinajstić information content (AvgIpc) is 2.79. The van der Waals surface area contributed by atoms with E-state index in [4.69, 9.17) is 9.47 Å². The summed E-state index contributed by atoms with van der Waals surface area (Å²) in [5, 5.41) is 0. The molecule has 0 amide bonds. The van der Waals surface area contributed by atoms with Crippen LogP contribution in [0.2, 0.25) is 0 Å². The Morgan fingerprint density at radius 3 is 2.67 bits per heavy atom. The lowest BCUT2D eigenvalue weighted by Crippen LogP contribution is -2.32. The number of hydrogen-bond donors (Lipinski definition) is 0. The number of rotatable bonds is 2. The Bertz CT molecular complexity index is 445. The predicted octanol–water partition coefficient (Wildman–Crippen LogP) is 3.25. The van der Waals surface area contributed by atoms with Gasteiger partial charge in [0.25, 0.3) is 0 Å². The molecule has 1 aliphatic carbocycles. The summed E-state index contributed by atoms with van der Waals surface area (Å²) in [6.45, 7) is 4.09. The standard InChI is InChI=1S/C16H22O2/c1-3-12-4-5-14(17-2)13-6-7-16(15(12)13)8-10-18-11-9-16/h4-5H,3,6-11H2,1-2H3. The maximum atomic E-state index is 5.57. The molecular formula is C16H22O2. The summed E-state index contributed by atoms with van der Waals surface area (Å²) in [5.74, 6) is 1.09. The third-order valence-corrected chi connectivity index (χ3v) is 4.79. The van der Waals surface area contributed by atoms with E-state index in [0.29, 0.717) is 5.41 Å². The average molecular weight is 246 g/mol. The lowest BCUT2D eigenvalue weighted by atomic mass is 9.73. The number of hydrogen-bond acceptors (Lipinski definition) is 2. The fourth-order valence-electron chi connectivity index (χ4n) is 3.82. The molecular weight excluding hydrogens is 224 g/mol. The van der Waals surface area contributed by atoms with E-state index in [-0.39, 0.29) is 0 Å². The Kier molecular flexibility index (Phi) is 3.06. The second kappa shape index (κ2) is 4.58. The third kappa shape index (κ3) is 1.66. The summed E-state index contributed by atoms with van der Waals surface area (Å²) in [7, 11) is 1.79. The summed E-state index contributed by atoms with van der Waals surface area (Å²) in [6.07, 6.45) is 5.93. The van der Waals surface area contributed by atoms with Crippen molar-refractivity contribution in [3.05, 3.63) is 28.8 Å². The number of aryl methyl sites for hydroxylation is 1. The maximum absolute atomic E-state index is 5.57. The minimum Gasteiger partial charge on any atom is -0.496 e. The van der Waals surface area contributed by atoms with Crippen LogP contribution in [0.25, 0.3) is 0 Å². The molecule has 2 nitrogen and oxygen atoms in total. The normalized spacial score (nSPS) is 21.0. The van der Waals surface area contributed by atoms with Crippen LogP contribution in [0.5, 0.6) is 5.75 Å². The molecule has 0 aromatic heterocycles. The van der Waals surface area contributed by atoms with Gasteiger partial charge in [-0.25, -0.2) is 0 Å². The molecule has 2 heteroatoms. The Morgan fingerprint density at radius 1 is 1.22 bits per heavy atom. The van der Waals surface area contributed by atoms with Gasteiger partial charge in [-0.05, 0) is 54.9 Å². The largest absolute Gasteiger partial charge is 0.496 e. The lowest BCUT2D eigenvalue weighted by molar-refractivity contribution is 0.0504. The molecule has 0 bridgehead atoms. The zero-order valence-electron chi connectivity index (χ0n) is 11.4. The van der Waals surface area contributed by atoms with Crippen LogP contribution in [0, 0.1) is 0 Å². The number of fused-ring (bicyclic) bond motifs is 2. The van der Waals surface area contributed by atoms with Crippen molar-refractivity contribution >= 4 is 0 Å². The van der Waals surface area contributed by atoms with Gasteiger partial charge in [0, 0.05) is 18.6 Å². The van der Waals surface area contributed by atoms with Gasteiger partial charge < -0.3 is 9.47 Å². The SMILES string of the molecule is CCc1ccc(OC)c2c1C1(CCOCC1)CC2. The Labute approximate surface area is 109 Å². The van der Waals surface area contributed by atoms with Gasteiger partial charge in [0.2, 0.25) is 0 Å². The summed E-state index contributed by atoms with van der Waals surface area (Å²) in [5.41, 5.74) is 4.98. The monoisotopic (exact) mass is 246 g/mol. The fraction of sp³-hybridized carbons (Fsp3) is 0.625. The van der Waals surface area contributed by atoms with Crippen LogP contribution < -0.4 is 4.74 Å². The molecule has 1 spiro atoms. The van der Waals surface area contributed by atoms with Crippen LogP contribution in [0.15, 0.2) is 12.1 Å². The van der Waals surface area contributed by atoms with E-state index in [1.165, 1.54) is 36.8 Å². The highest BCUT2D eigenvalue weighted by Gasteiger charge is 2.42. The van der Waals surface area contributed by atoms with Crippen LogP contribution >= 0.6 is 0 Å². The number of methoxy groups -OCH3 is 1. The van der Waals surface area contributed by atoms with Crippen LogP contribution in [-0.2, 0) is 23.0 Å². The predicted molar refractivity (Wildman–Crippen MR) is 72.4 cm³/mol. The van der Waals surface area contributed by atoms with E-state index in [1.807, 2.05) is 0 Å². The number of ether oxygens (including phenoxy) is 2. The van der Waals surface area contributed by atoms with Gasteiger partial charge in [0.05, 0.1) is 7.11 Å². The van der Waals surface area contributed by atoms with Gasteiger partial charge in [-0.3, -0.25) is 0 Å². The van der Waals surface area contributed by atoms with Gasteiger partial charge in [-0.1, -0.05) is 13.0 Å². The second-order valence-electron chi connectivity index (χ2n) is 5.53. The van der Waals surface area contributed by atoms with Crippen molar-refractivity contribution < 1.29 is 9.47 Å². The lowest BCUT2D eigenvalue weighted by Gasteiger charge is -2.35. The van der Waals surface area contributed by atoms with Crippen molar-refractivity contribution in [2.24, 2.45) is 0 Å². The molecule has 1 aromatic rings. The van der Waals surface area contributed by atoms with Crippen molar-refractivity contribution in [2.45, 2.75) is 44.4 Å². The second-order valence-corrected chi connectivity index (χ2v) is 5.53. The molecule has 0 N–H and O–H groups in total. The fourth-order valence-corrected chi connectivity index (χ4v) is 3.82. The van der Waals surface area contributed by atoms with Gasteiger partial charge in [-0.2, -0.15) is 0 Å². The summed E-state index contributed by atoms with van der Waals surface area (Å²) >= 11 is 0. The highest BCUT2D eigenvalue weighted by molar-refractivity contribution is 5.52. The van der Waals surface area contributed by atoms with Crippen LogP contribution in [0.3, 0.4) is 0 Å². The summed E-state index contributed by atoms with van der Waals surface area (Å²) < 4.78 is 11.1. The van der Waals surface area contributed by atoms with Crippen molar-refractivity contribution in [3.63, 3.8) is 0 Å². The molecule has 1 aromatic carbocycles. The van der Waals surface area contributed by atoms with Gasteiger partial charge >= 0.3 is 0 Å². The van der Waals surface area contributed by atoms with E-state index >= 15 is 0 Å². The van der Waals surface area contributed by atoms with Crippen molar-refractivity contribution in [2.75, 3.05) is 20.3 Å². The van der Waals surface area contributed by atoms with Gasteiger partial charge in [0.1, 0.15) is 5.75 Å². The van der Waals surface area contributed by atoms with E-state index in [0.717, 1.165) is 25.4 Å². The Hall–Kier alpha value is -1.02. The van der Waals surface area contributed by atoms with Crippen molar-refractivity contribution in [3.8, 4) is 5.75 Å². The molecule has 98 valence electrons. The molecule has 0 atom stereocenters. The molecule has 1 heterocycles. The minimum absolute atomic E-state index is 0.382. The molecule has 18 heavy (non-hydrogen) atoms. The summed E-state index contributed by atoms with van der Waals surface area (Å²) in [6, 6.07) is 4.41. The zero-order chi connectivity index (χ0) is 12.6. The first kappa shape index (κ1) is 12.0. The topological polar surface area (TPSA) is 18.5 Å². The van der Waals surface area contributed by atoms with Crippen molar-refractivity contribution in [1.29, 1.82) is 0 Å². The smallest absolute Gasteiger partial charge is 0.122 e. The van der Waals surface area contributed by atoms with Gasteiger partial charge in [0.15, 0.2) is 0 Å². The van der Waals surface area contributed by atoms with E-state index in [1.54, 1.807) is 12.7 Å². The van der Waals surface area contributed by atoms with E-state index in [2.05, 4.69) is 19.1 Å². The first-order valence-electron chi connectivity index (χ1n) is 7.08. The highest BCUT2D eigenvalue weighted by Crippen LogP contribution is 2.50. The maximum Gasteiger partial charge on any atom is 0.122 e. The minimum atomic E-state index is 0.382. The van der Waals surface area contributed by atoms with E-state index in [9.17, 15) is 0 Å². The molecule has 0 unspecified atom stereocenters. The number of benzene rings is 1. The summed E-state index contributed by atoms with van der Waals surface area (Å²) in [4.78, 5) is 0. The van der Waals surface area contributed by atoms with Crippen LogP contribution in [0.4, 0.5) is 0 Å². The van der Waals surface area contributed by atoms with Crippen LogP contribution in [-0.4, -0.2) is 20.3 Å². The molecule has 3 rings (SSSR count). The van der Waals surface area contributed by atoms with Crippen molar-refractivity contribution in [1.82, 2.24) is 0 Å². The first-order valence-corrected chi connectivity index (χ1v) is 7.08. The quantitative estimate of drug-likeness (QED) is 0.797. The first-order chi connectivity index (χ1) is 8.80. The molecule has 0 saturated carbocycles. The molecule has 1 fully saturated rings. The molecule has 1 aliphatic heterocycles. The third-order valence-electron chi connectivity index (χ3n) is 4.79. The van der Waals surface area contributed by atoms with Crippen LogP contribution in [0.1, 0.15) is 42.9 Å². The molecule has 2 aliphatic rings. The highest BCUT2D eigenvalue weighted by atomic mass is 16.5. The van der Waals surface area contributed by atoms with Gasteiger partial charge in [-0.15, -0.1) is 0 Å². The Balaban J connectivity index is 2.13. The van der Waals surface area contributed by atoms with E-state index < -0.39 is 0 Å². The Morgan fingerprint density at radius 2 is 2.00 bits per heavy atom. The molecule has 0 radical (unpaired) electrons.